The van der Waals surface area contributed by atoms with Gasteiger partial charge in [-0.1, -0.05) is 28.1 Å². The highest BCUT2D eigenvalue weighted by Gasteiger charge is 2.17. The zero-order valence-electron chi connectivity index (χ0n) is 8.52. The summed E-state index contributed by atoms with van der Waals surface area (Å²) in [5, 5.41) is 3.46. The molecule has 14 heavy (non-hydrogen) atoms. The van der Waals surface area contributed by atoms with Gasteiger partial charge in [0.1, 0.15) is 0 Å². The average molecular weight is 254 g/mol. The fourth-order valence-electron chi connectivity index (χ4n) is 2.18. The third-order valence-corrected chi connectivity index (χ3v) is 3.91. The van der Waals surface area contributed by atoms with E-state index in [-0.39, 0.29) is 0 Å². The topological polar surface area (TPSA) is 12.0 Å². The van der Waals surface area contributed by atoms with Crippen LogP contribution >= 0.6 is 15.9 Å². The zero-order chi connectivity index (χ0) is 9.97. The van der Waals surface area contributed by atoms with Crippen molar-refractivity contribution in [1.82, 2.24) is 5.32 Å². The van der Waals surface area contributed by atoms with E-state index in [0.29, 0.717) is 5.92 Å². The molecule has 0 amide bonds. The predicted molar refractivity (Wildman–Crippen MR) is 63.7 cm³/mol. The number of hydrogen-bond acceptors (Lipinski definition) is 1. The number of rotatable bonds is 1. The Morgan fingerprint density at radius 1 is 1.43 bits per heavy atom. The minimum absolute atomic E-state index is 0.709. The van der Waals surface area contributed by atoms with Crippen LogP contribution in [0.2, 0.25) is 0 Å². The number of halogens is 1. The van der Waals surface area contributed by atoms with Crippen LogP contribution in [0, 0.1) is 6.92 Å². The molecule has 1 aromatic rings. The van der Waals surface area contributed by atoms with Crippen molar-refractivity contribution in [2.24, 2.45) is 0 Å². The molecular weight excluding hydrogens is 238 g/mol. The highest BCUT2D eigenvalue weighted by atomic mass is 79.9. The van der Waals surface area contributed by atoms with Crippen LogP contribution in [-0.2, 0) is 0 Å². The molecule has 2 heteroatoms. The van der Waals surface area contributed by atoms with Gasteiger partial charge >= 0.3 is 0 Å². The van der Waals surface area contributed by atoms with Gasteiger partial charge in [0, 0.05) is 11.0 Å². The molecular formula is C12H16BrN. The van der Waals surface area contributed by atoms with E-state index >= 15 is 0 Å². The first kappa shape index (κ1) is 10.2. The highest BCUT2D eigenvalue weighted by Crippen LogP contribution is 2.29. The number of benzene rings is 1. The molecule has 1 atom stereocenters. The van der Waals surface area contributed by atoms with E-state index in [2.05, 4.69) is 46.4 Å². The van der Waals surface area contributed by atoms with Crippen molar-refractivity contribution in [3.63, 3.8) is 0 Å². The van der Waals surface area contributed by atoms with Crippen LogP contribution < -0.4 is 5.32 Å². The van der Waals surface area contributed by atoms with Gasteiger partial charge in [0.2, 0.25) is 0 Å². The molecule has 2 rings (SSSR count). The van der Waals surface area contributed by atoms with Gasteiger partial charge < -0.3 is 5.32 Å². The van der Waals surface area contributed by atoms with Crippen LogP contribution in [0.4, 0.5) is 0 Å². The van der Waals surface area contributed by atoms with Crippen LogP contribution in [0.25, 0.3) is 0 Å². The summed E-state index contributed by atoms with van der Waals surface area (Å²) in [6.45, 7) is 4.52. The lowest BCUT2D eigenvalue weighted by molar-refractivity contribution is 0.460. The van der Waals surface area contributed by atoms with Gasteiger partial charge in [-0.2, -0.15) is 0 Å². The highest BCUT2D eigenvalue weighted by molar-refractivity contribution is 9.10. The van der Waals surface area contributed by atoms with E-state index in [1.165, 1.54) is 35.0 Å². The molecule has 1 saturated heterocycles. The minimum atomic E-state index is 0.709. The van der Waals surface area contributed by atoms with Crippen LogP contribution in [0.3, 0.4) is 0 Å². The number of nitrogens with one attached hydrogen (secondary N) is 1. The quantitative estimate of drug-likeness (QED) is 0.811. The molecule has 0 aromatic heterocycles. The standard InChI is InChI=1S/C12H16BrN/c1-9-11(5-2-6-12(9)13)10-4-3-7-14-8-10/h2,5-6,10,14H,3-4,7-8H2,1H3. The zero-order valence-corrected chi connectivity index (χ0v) is 10.1. The Balaban J connectivity index is 2.26. The molecule has 1 aliphatic rings. The molecule has 1 aliphatic heterocycles. The summed E-state index contributed by atoms with van der Waals surface area (Å²) in [6.07, 6.45) is 2.63. The lowest BCUT2D eigenvalue weighted by Gasteiger charge is -2.24. The molecule has 0 radical (unpaired) electrons. The van der Waals surface area contributed by atoms with Crippen LogP contribution in [0.5, 0.6) is 0 Å². The minimum Gasteiger partial charge on any atom is -0.316 e. The van der Waals surface area contributed by atoms with Crippen LogP contribution in [0.15, 0.2) is 22.7 Å². The summed E-state index contributed by atoms with van der Waals surface area (Å²) >= 11 is 3.59. The molecule has 0 bridgehead atoms. The van der Waals surface area contributed by atoms with Gasteiger partial charge in [-0.05, 0) is 49.4 Å². The predicted octanol–water partition coefficient (Wildman–Crippen LogP) is 3.22. The maximum atomic E-state index is 3.59. The first-order chi connectivity index (χ1) is 6.79. The molecule has 0 spiro atoms. The summed E-state index contributed by atoms with van der Waals surface area (Å²) in [7, 11) is 0. The summed E-state index contributed by atoms with van der Waals surface area (Å²) in [5.74, 6) is 0.709. The number of piperidine rings is 1. The Labute approximate surface area is 94.0 Å². The largest absolute Gasteiger partial charge is 0.316 e. The summed E-state index contributed by atoms with van der Waals surface area (Å²) < 4.78 is 1.24. The van der Waals surface area contributed by atoms with Crippen molar-refractivity contribution in [1.29, 1.82) is 0 Å². The maximum Gasteiger partial charge on any atom is 0.0207 e. The molecule has 1 aromatic carbocycles. The van der Waals surface area contributed by atoms with E-state index in [0.717, 1.165) is 6.54 Å². The molecule has 0 aliphatic carbocycles. The Morgan fingerprint density at radius 3 is 3.00 bits per heavy atom. The van der Waals surface area contributed by atoms with Gasteiger partial charge in [-0.25, -0.2) is 0 Å². The molecule has 1 fully saturated rings. The van der Waals surface area contributed by atoms with Crippen molar-refractivity contribution in [3.8, 4) is 0 Å². The third kappa shape index (κ3) is 2.01. The van der Waals surface area contributed by atoms with E-state index in [4.69, 9.17) is 0 Å². The van der Waals surface area contributed by atoms with Gasteiger partial charge in [0.25, 0.3) is 0 Å². The second kappa shape index (κ2) is 4.45. The van der Waals surface area contributed by atoms with Crippen LogP contribution in [0.1, 0.15) is 29.9 Å². The fourth-order valence-corrected chi connectivity index (χ4v) is 2.57. The average Bonchev–Trinajstić information content (AvgIpc) is 2.23. The van der Waals surface area contributed by atoms with E-state index < -0.39 is 0 Å². The Morgan fingerprint density at radius 2 is 2.29 bits per heavy atom. The first-order valence-corrected chi connectivity index (χ1v) is 6.04. The van der Waals surface area contributed by atoms with Crippen LogP contribution in [-0.4, -0.2) is 13.1 Å². The van der Waals surface area contributed by atoms with Crippen molar-refractivity contribution < 1.29 is 0 Å². The SMILES string of the molecule is Cc1c(Br)cccc1C1CCCNC1. The van der Waals surface area contributed by atoms with Gasteiger partial charge in [-0.15, -0.1) is 0 Å². The molecule has 0 saturated carbocycles. The maximum absolute atomic E-state index is 3.59. The van der Waals surface area contributed by atoms with E-state index in [9.17, 15) is 0 Å². The molecule has 1 unspecified atom stereocenters. The van der Waals surface area contributed by atoms with Crippen molar-refractivity contribution in [2.45, 2.75) is 25.7 Å². The van der Waals surface area contributed by atoms with Gasteiger partial charge in [-0.3, -0.25) is 0 Å². The summed E-state index contributed by atoms with van der Waals surface area (Å²) in [4.78, 5) is 0. The van der Waals surface area contributed by atoms with Crippen molar-refractivity contribution >= 4 is 15.9 Å². The smallest absolute Gasteiger partial charge is 0.0207 e. The van der Waals surface area contributed by atoms with Gasteiger partial charge in [0.05, 0.1) is 0 Å². The molecule has 76 valence electrons. The molecule has 1 nitrogen and oxygen atoms in total. The monoisotopic (exact) mass is 253 g/mol. The summed E-state index contributed by atoms with van der Waals surface area (Å²) in [5.41, 5.74) is 2.91. The third-order valence-electron chi connectivity index (χ3n) is 3.05. The molecule has 1 N–H and O–H groups in total. The van der Waals surface area contributed by atoms with Crippen molar-refractivity contribution in [3.05, 3.63) is 33.8 Å². The normalized spacial score (nSPS) is 22.3. The number of hydrogen-bond donors (Lipinski definition) is 1. The van der Waals surface area contributed by atoms with Gasteiger partial charge in [0.15, 0.2) is 0 Å². The Hall–Kier alpha value is -0.340. The lowest BCUT2D eigenvalue weighted by atomic mass is 9.89. The first-order valence-electron chi connectivity index (χ1n) is 5.25. The van der Waals surface area contributed by atoms with Crippen molar-refractivity contribution in [2.75, 3.05) is 13.1 Å². The Kier molecular flexibility index (Phi) is 3.24. The second-order valence-corrected chi connectivity index (χ2v) is 4.85. The Bertz CT molecular complexity index is 316. The molecule has 1 heterocycles. The second-order valence-electron chi connectivity index (χ2n) is 4.00. The van der Waals surface area contributed by atoms with E-state index in [1.807, 2.05) is 0 Å². The van der Waals surface area contributed by atoms with E-state index in [1.54, 1.807) is 0 Å². The fraction of sp³-hybridized carbons (Fsp3) is 0.500. The summed E-state index contributed by atoms with van der Waals surface area (Å²) in [6, 6.07) is 6.52. The lowest BCUT2D eigenvalue weighted by Crippen LogP contribution is -2.28.